The summed E-state index contributed by atoms with van der Waals surface area (Å²) < 4.78 is 5.36. The average molecular weight is 324 g/mol. The minimum atomic E-state index is -0.527. The molecule has 1 saturated heterocycles. The highest BCUT2D eigenvalue weighted by Crippen LogP contribution is 2.27. The smallest absolute Gasteiger partial charge is 0.245 e. The molecule has 2 atom stereocenters. The third-order valence-electron chi connectivity index (χ3n) is 3.98. The zero-order valence-electron chi connectivity index (χ0n) is 13.6. The number of rotatable bonds is 4. The molecule has 122 valence electrons. The zero-order valence-corrected chi connectivity index (χ0v) is 14.5. The molecule has 2 amide bonds. The molecule has 1 aliphatic rings. The first-order chi connectivity index (χ1) is 10.4. The van der Waals surface area contributed by atoms with E-state index >= 15 is 0 Å². The Balaban J connectivity index is 2.04. The van der Waals surface area contributed by atoms with Crippen molar-refractivity contribution >= 4 is 23.2 Å². The first kappa shape index (κ1) is 17.0. The number of carbonyl (C=O) groups is 2. The summed E-state index contributed by atoms with van der Waals surface area (Å²) in [6.45, 7) is 8.93. The van der Waals surface area contributed by atoms with Gasteiger partial charge < -0.3 is 15.0 Å². The van der Waals surface area contributed by atoms with Gasteiger partial charge in [-0.05, 0) is 31.9 Å². The van der Waals surface area contributed by atoms with Crippen LogP contribution in [-0.4, -0.2) is 42.5 Å². The van der Waals surface area contributed by atoms with E-state index in [1.54, 1.807) is 16.2 Å². The molecule has 1 N–H and O–H groups in total. The second kappa shape index (κ2) is 7.24. The van der Waals surface area contributed by atoms with Gasteiger partial charge in [-0.2, -0.15) is 0 Å². The molecule has 0 aromatic carbocycles. The first-order valence-electron chi connectivity index (χ1n) is 7.68. The van der Waals surface area contributed by atoms with Crippen LogP contribution in [0.2, 0.25) is 0 Å². The predicted octanol–water partition coefficient (Wildman–Crippen LogP) is 2.04. The Morgan fingerprint density at radius 2 is 2.27 bits per heavy atom. The number of hydrogen-bond donors (Lipinski definition) is 1. The Kier molecular flexibility index (Phi) is 5.58. The monoisotopic (exact) mass is 324 g/mol. The molecular weight excluding hydrogens is 300 g/mol. The molecule has 0 bridgehead atoms. The lowest BCUT2D eigenvalue weighted by Crippen LogP contribution is -2.55. The van der Waals surface area contributed by atoms with Crippen molar-refractivity contribution in [1.29, 1.82) is 0 Å². The molecule has 2 unspecified atom stereocenters. The summed E-state index contributed by atoms with van der Waals surface area (Å²) in [4.78, 5) is 28.2. The van der Waals surface area contributed by atoms with E-state index in [4.69, 9.17) is 4.74 Å². The van der Waals surface area contributed by atoms with Crippen LogP contribution in [-0.2, 0) is 20.7 Å². The average Bonchev–Trinajstić information content (AvgIpc) is 2.88. The Bertz CT molecular complexity index is 556. The van der Waals surface area contributed by atoms with Crippen molar-refractivity contribution in [3.8, 4) is 0 Å². The maximum absolute atomic E-state index is 12.5. The van der Waals surface area contributed by atoms with Gasteiger partial charge >= 0.3 is 0 Å². The molecule has 2 heterocycles. The lowest BCUT2D eigenvalue weighted by Gasteiger charge is -2.34. The van der Waals surface area contributed by atoms with Crippen molar-refractivity contribution in [1.82, 2.24) is 10.2 Å². The molecule has 22 heavy (non-hydrogen) atoms. The van der Waals surface area contributed by atoms with Crippen molar-refractivity contribution in [2.45, 2.75) is 46.2 Å². The van der Waals surface area contributed by atoms with Crippen LogP contribution in [0.25, 0.3) is 0 Å². The van der Waals surface area contributed by atoms with Crippen LogP contribution in [0.1, 0.15) is 42.1 Å². The Morgan fingerprint density at radius 3 is 2.86 bits per heavy atom. The van der Waals surface area contributed by atoms with E-state index in [-0.39, 0.29) is 24.5 Å². The van der Waals surface area contributed by atoms with Crippen LogP contribution in [0.5, 0.6) is 0 Å². The van der Waals surface area contributed by atoms with Gasteiger partial charge in [0.25, 0.3) is 0 Å². The highest BCUT2D eigenvalue weighted by atomic mass is 32.1. The predicted molar refractivity (Wildman–Crippen MR) is 87.0 cm³/mol. The number of carbonyl (C=O) groups excluding carboxylic acids is 2. The Labute approximate surface area is 135 Å². The summed E-state index contributed by atoms with van der Waals surface area (Å²) >= 11 is 1.74. The number of nitrogens with zero attached hydrogens (tertiary/aromatic N) is 1. The van der Waals surface area contributed by atoms with Gasteiger partial charge in [0, 0.05) is 23.2 Å². The van der Waals surface area contributed by atoms with Gasteiger partial charge in [0.05, 0.1) is 19.3 Å². The van der Waals surface area contributed by atoms with Gasteiger partial charge in [-0.3, -0.25) is 9.59 Å². The topological polar surface area (TPSA) is 58.6 Å². The van der Waals surface area contributed by atoms with Crippen molar-refractivity contribution < 1.29 is 14.3 Å². The number of nitrogens with one attached hydrogen (secondary N) is 1. The summed E-state index contributed by atoms with van der Waals surface area (Å²) in [6, 6.07) is 1.54. The van der Waals surface area contributed by atoms with Crippen LogP contribution >= 0.6 is 11.3 Å². The molecule has 1 fully saturated rings. The van der Waals surface area contributed by atoms with Crippen molar-refractivity contribution in [3.63, 3.8) is 0 Å². The van der Waals surface area contributed by atoms with Crippen LogP contribution in [0, 0.1) is 6.92 Å². The molecule has 1 aromatic rings. The number of ether oxygens (including phenoxy) is 1. The summed E-state index contributed by atoms with van der Waals surface area (Å²) in [5.41, 5.74) is 1.27. The summed E-state index contributed by atoms with van der Waals surface area (Å²) in [6.07, 6.45) is 1.01. The van der Waals surface area contributed by atoms with Gasteiger partial charge in [-0.1, -0.05) is 6.92 Å². The number of amides is 2. The van der Waals surface area contributed by atoms with Crippen molar-refractivity contribution in [2.24, 2.45) is 0 Å². The normalized spacial score (nSPS) is 19.8. The lowest BCUT2D eigenvalue weighted by molar-refractivity contribution is -0.147. The molecule has 5 nitrogen and oxygen atoms in total. The van der Waals surface area contributed by atoms with Crippen molar-refractivity contribution in [3.05, 3.63) is 21.4 Å². The minimum Gasteiger partial charge on any atom is -0.377 e. The Morgan fingerprint density at radius 1 is 1.55 bits per heavy atom. The van der Waals surface area contributed by atoms with Gasteiger partial charge in [0.2, 0.25) is 11.8 Å². The van der Waals surface area contributed by atoms with Crippen molar-refractivity contribution in [2.75, 3.05) is 19.8 Å². The van der Waals surface area contributed by atoms with E-state index in [1.807, 2.05) is 6.92 Å². The fourth-order valence-corrected chi connectivity index (χ4v) is 3.81. The van der Waals surface area contributed by atoms with E-state index in [0.717, 1.165) is 11.3 Å². The van der Waals surface area contributed by atoms with Crippen LogP contribution in [0.3, 0.4) is 0 Å². The SMILES string of the molecule is CCc1sc(C(C)NC(=O)C2COCCN2C(C)=O)cc1C. The molecule has 0 aliphatic carbocycles. The minimum absolute atomic E-state index is 0.0627. The number of thiophene rings is 1. The molecule has 1 aliphatic heterocycles. The lowest BCUT2D eigenvalue weighted by atomic mass is 10.1. The molecule has 1 aromatic heterocycles. The molecule has 0 radical (unpaired) electrons. The zero-order chi connectivity index (χ0) is 16.3. The summed E-state index contributed by atoms with van der Waals surface area (Å²) in [7, 11) is 0. The van der Waals surface area contributed by atoms with E-state index < -0.39 is 6.04 Å². The standard InChI is InChI=1S/C16H24N2O3S/c1-5-14-10(2)8-15(22-14)11(3)17-16(20)13-9-21-7-6-18(13)12(4)19/h8,11,13H,5-7,9H2,1-4H3,(H,17,20). The fourth-order valence-electron chi connectivity index (χ4n) is 2.69. The third kappa shape index (κ3) is 3.67. The molecule has 0 spiro atoms. The molecular formula is C16H24N2O3S. The van der Waals surface area contributed by atoms with Crippen LogP contribution in [0.4, 0.5) is 0 Å². The van der Waals surface area contributed by atoms with Gasteiger partial charge in [0.1, 0.15) is 6.04 Å². The van der Waals surface area contributed by atoms with Gasteiger partial charge in [0.15, 0.2) is 0 Å². The fraction of sp³-hybridized carbons (Fsp3) is 0.625. The maximum Gasteiger partial charge on any atom is 0.245 e. The number of hydrogen-bond acceptors (Lipinski definition) is 4. The largest absolute Gasteiger partial charge is 0.377 e. The molecule has 6 heteroatoms. The second-order valence-corrected chi connectivity index (χ2v) is 6.81. The van der Waals surface area contributed by atoms with E-state index in [2.05, 4.69) is 25.2 Å². The van der Waals surface area contributed by atoms with Gasteiger partial charge in [-0.25, -0.2) is 0 Å². The van der Waals surface area contributed by atoms with Crippen LogP contribution in [0.15, 0.2) is 6.07 Å². The first-order valence-corrected chi connectivity index (χ1v) is 8.50. The Hall–Kier alpha value is -1.40. The third-order valence-corrected chi connectivity index (χ3v) is 5.55. The highest BCUT2D eigenvalue weighted by Gasteiger charge is 2.32. The second-order valence-electron chi connectivity index (χ2n) is 5.64. The quantitative estimate of drug-likeness (QED) is 0.922. The highest BCUT2D eigenvalue weighted by molar-refractivity contribution is 7.12. The van der Waals surface area contributed by atoms with E-state index in [0.29, 0.717) is 13.2 Å². The van der Waals surface area contributed by atoms with E-state index in [1.165, 1.54) is 17.4 Å². The van der Waals surface area contributed by atoms with E-state index in [9.17, 15) is 9.59 Å². The van der Waals surface area contributed by atoms with Crippen LogP contribution < -0.4 is 5.32 Å². The molecule has 0 saturated carbocycles. The number of morpholine rings is 1. The number of aryl methyl sites for hydroxylation is 2. The summed E-state index contributed by atoms with van der Waals surface area (Å²) in [5.74, 6) is -0.233. The maximum atomic E-state index is 12.5. The summed E-state index contributed by atoms with van der Waals surface area (Å²) in [5, 5.41) is 3.01. The van der Waals surface area contributed by atoms with Gasteiger partial charge in [-0.15, -0.1) is 11.3 Å². The molecule has 2 rings (SSSR count).